The minimum Gasteiger partial charge on any atom is -0.505 e. The highest BCUT2D eigenvalue weighted by molar-refractivity contribution is 5.33. The van der Waals surface area contributed by atoms with Gasteiger partial charge in [0.15, 0.2) is 11.6 Å². The van der Waals surface area contributed by atoms with Crippen LogP contribution < -0.4 is 4.74 Å². The van der Waals surface area contributed by atoms with Crippen LogP contribution >= 0.6 is 0 Å². The van der Waals surface area contributed by atoms with E-state index in [1.165, 1.54) is 6.07 Å². The summed E-state index contributed by atoms with van der Waals surface area (Å²) >= 11 is 0. The van der Waals surface area contributed by atoms with Crippen molar-refractivity contribution in [2.24, 2.45) is 5.92 Å². The zero-order valence-electron chi connectivity index (χ0n) is 17.3. The second-order valence-electron chi connectivity index (χ2n) is 8.61. The predicted molar refractivity (Wildman–Crippen MR) is 113 cm³/mol. The van der Waals surface area contributed by atoms with Crippen LogP contribution in [-0.2, 0) is 6.54 Å². The van der Waals surface area contributed by atoms with Crippen LogP contribution in [0.25, 0.3) is 0 Å². The van der Waals surface area contributed by atoms with Crippen molar-refractivity contribution in [2.45, 2.75) is 51.4 Å². The number of hydrogen-bond donors (Lipinski definition) is 1. The molecule has 4 nitrogen and oxygen atoms in total. The van der Waals surface area contributed by atoms with Gasteiger partial charge >= 0.3 is 0 Å². The molecule has 0 spiro atoms. The van der Waals surface area contributed by atoms with Crippen molar-refractivity contribution in [3.63, 3.8) is 0 Å². The number of halogens is 1. The lowest BCUT2D eigenvalue weighted by molar-refractivity contribution is -0.0999. The first-order chi connectivity index (χ1) is 14.0. The van der Waals surface area contributed by atoms with Crippen LogP contribution in [0.5, 0.6) is 11.5 Å². The summed E-state index contributed by atoms with van der Waals surface area (Å²) in [6.45, 7) is 8.01. The molecule has 0 aliphatic carbocycles. The Morgan fingerprint density at radius 1 is 1.07 bits per heavy atom. The largest absolute Gasteiger partial charge is 0.505 e. The van der Waals surface area contributed by atoms with E-state index in [-0.39, 0.29) is 11.9 Å². The molecule has 0 amide bonds. The van der Waals surface area contributed by atoms with Crippen LogP contribution in [0.3, 0.4) is 0 Å². The third-order valence-corrected chi connectivity index (χ3v) is 6.43. The highest BCUT2D eigenvalue weighted by Crippen LogP contribution is 2.36. The summed E-state index contributed by atoms with van der Waals surface area (Å²) in [6.07, 6.45) is 2.43. The number of rotatable bonds is 6. The summed E-state index contributed by atoms with van der Waals surface area (Å²) in [5.74, 6) is 0.790. The van der Waals surface area contributed by atoms with Crippen LogP contribution in [0.15, 0.2) is 48.5 Å². The van der Waals surface area contributed by atoms with Gasteiger partial charge in [-0.3, -0.25) is 9.80 Å². The monoisotopic (exact) mass is 398 g/mol. The number of likely N-dealkylation sites (tertiary alicyclic amines) is 2. The third kappa shape index (κ3) is 4.41. The van der Waals surface area contributed by atoms with Gasteiger partial charge in [-0.1, -0.05) is 30.3 Å². The first-order valence-electron chi connectivity index (χ1n) is 10.7. The Hall–Kier alpha value is -2.11. The predicted octanol–water partition coefficient (Wildman–Crippen LogP) is 4.28. The molecule has 0 unspecified atom stereocenters. The van der Waals surface area contributed by atoms with E-state index < -0.39 is 5.82 Å². The average molecular weight is 399 g/mol. The summed E-state index contributed by atoms with van der Waals surface area (Å²) in [6, 6.07) is 15.8. The van der Waals surface area contributed by atoms with Gasteiger partial charge in [0, 0.05) is 24.7 Å². The van der Waals surface area contributed by atoms with Crippen molar-refractivity contribution in [1.29, 1.82) is 0 Å². The number of aromatic hydroxyl groups is 1. The third-order valence-electron chi connectivity index (χ3n) is 6.43. The molecule has 2 aliphatic rings. The fourth-order valence-corrected chi connectivity index (χ4v) is 4.80. The van der Waals surface area contributed by atoms with Gasteiger partial charge in [0.05, 0.1) is 6.04 Å². The standard InChI is InChI=1S/C24H31FN2O2/c1-17(2)27-16-22(29-20-8-4-3-5-9-20)23(27)18-11-13-26(14-12-18)15-19-7-6-10-21(25)24(19)28/h3-10,17-18,22-23,28H,11-16H2,1-2H3/t22-,23-/m0/s1. The maximum Gasteiger partial charge on any atom is 0.165 e. The smallest absolute Gasteiger partial charge is 0.165 e. The molecule has 2 saturated heterocycles. The van der Waals surface area contributed by atoms with E-state index in [0.29, 0.717) is 30.1 Å². The lowest BCUT2D eigenvalue weighted by Gasteiger charge is -2.54. The van der Waals surface area contributed by atoms with Crippen molar-refractivity contribution in [2.75, 3.05) is 19.6 Å². The quantitative estimate of drug-likeness (QED) is 0.788. The Kier molecular flexibility index (Phi) is 6.07. The second kappa shape index (κ2) is 8.72. The molecule has 2 heterocycles. The van der Waals surface area contributed by atoms with Crippen LogP contribution in [0.2, 0.25) is 0 Å². The molecule has 0 aromatic heterocycles. The van der Waals surface area contributed by atoms with Crippen LogP contribution in [0, 0.1) is 11.7 Å². The molecule has 2 atom stereocenters. The van der Waals surface area contributed by atoms with Gasteiger partial charge in [0.2, 0.25) is 0 Å². The van der Waals surface area contributed by atoms with E-state index in [0.717, 1.165) is 38.2 Å². The Bertz CT molecular complexity index is 806. The number of para-hydroxylation sites is 2. The highest BCUT2D eigenvalue weighted by Gasteiger charge is 2.46. The maximum absolute atomic E-state index is 13.6. The van der Waals surface area contributed by atoms with Crippen LogP contribution in [0.4, 0.5) is 4.39 Å². The van der Waals surface area contributed by atoms with Gasteiger partial charge < -0.3 is 9.84 Å². The minimum atomic E-state index is -0.541. The van der Waals surface area contributed by atoms with Gasteiger partial charge in [-0.05, 0) is 63.9 Å². The van der Waals surface area contributed by atoms with Gasteiger partial charge in [-0.2, -0.15) is 0 Å². The molecule has 0 radical (unpaired) electrons. The topological polar surface area (TPSA) is 35.9 Å². The van der Waals surface area contributed by atoms with Crippen molar-refractivity contribution >= 4 is 0 Å². The number of phenolic OH excluding ortho intramolecular Hbond substituents is 1. The number of piperidine rings is 1. The van der Waals surface area contributed by atoms with Crippen molar-refractivity contribution in [3.05, 3.63) is 59.9 Å². The second-order valence-corrected chi connectivity index (χ2v) is 8.61. The Balaban J connectivity index is 1.37. The Morgan fingerprint density at radius 2 is 1.79 bits per heavy atom. The summed E-state index contributed by atoms with van der Waals surface area (Å²) in [5.41, 5.74) is 0.668. The van der Waals surface area contributed by atoms with Crippen molar-refractivity contribution in [1.82, 2.24) is 9.80 Å². The molecule has 156 valence electrons. The maximum atomic E-state index is 13.6. The highest BCUT2D eigenvalue weighted by atomic mass is 19.1. The zero-order chi connectivity index (χ0) is 20.4. The lowest BCUT2D eigenvalue weighted by Crippen LogP contribution is -2.68. The van der Waals surface area contributed by atoms with Crippen molar-refractivity contribution in [3.8, 4) is 11.5 Å². The molecule has 2 aliphatic heterocycles. The van der Waals surface area contributed by atoms with E-state index in [1.54, 1.807) is 12.1 Å². The van der Waals surface area contributed by atoms with Gasteiger partial charge in [-0.15, -0.1) is 0 Å². The first-order valence-corrected chi connectivity index (χ1v) is 10.7. The van der Waals surface area contributed by atoms with E-state index >= 15 is 0 Å². The fraction of sp³-hybridized carbons (Fsp3) is 0.500. The van der Waals surface area contributed by atoms with Crippen LogP contribution in [0.1, 0.15) is 32.3 Å². The lowest BCUT2D eigenvalue weighted by atomic mass is 9.79. The van der Waals surface area contributed by atoms with Gasteiger partial charge in [0.25, 0.3) is 0 Å². The first kappa shape index (κ1) is 20.2. The molecule has 2 aromatic rings. The molecule has 29 heavy (non-hydrogen) atoms. The SMILES string of the molecule is CC(C)N1C[C@H](Oc2ccccc2)[C@@H]1C1CCN(Cc2cccc(F)c2O)CC1. The molecule has 1 N–H and O–H groups in total. The van der Waals surface area contributed by atoms with E-state index in [9.17, 15) is 9.50 Å². The molecule has 2 aromatic carbocycles. The number of benzene rings is 2. The normalized spacial score (nSPS) is 23.9. The molecular formula is C24H31FN2O2. The molecule has 4 rings (SSSR count). The number of nitrogens with zero attached hydrogens (tertiary/aromatic N) is 2. The van der Waals surface area contributed by atoms with Crippen LogP contribution in [-0.4, -0.2) is 52.7 Å². The number of phenols is 1. The van der Waals surface area contributed by atoms with E-state index in [1.807, 2.05) is 30.3 Å². The zero-order valence-corrected chi connectivity index (χ0v) is 17.3. The molecule has 0 bridgehead atoms. The summed E-state index contributed by atoms with van der Waals surface area (Å²) in [5, 5.41) is 9.96. The number of hydrogen-bond acceptors (Lipinski definition) is 4. The molecule has 5 heteroatoms. The minimum absolute atomic E-state index is 0.212. The van der Waals surface area contributed by atoms with E-state index in [2.05, 4.69) is 23.6 Å². The Morgan fingerprint density at radius 3 is 2.48 bits per heavy atom. The fourth-order valence-electron chi connectivity index (χ4n) is 4.80. The Labute approximate surface area is 172 Å². The molecule has 2 fully saturated rings. The molecule has 0 saturated carbocycles. The van der Waals surface area contributed by atoms with E-state index in [4.69, 9.17) is 4.74 Å². The summed E-state index contributed by atoms with van der Waals surface area (Å²) in [7, 11) is 0. The average Bonchev–Trinajstić information content (AvgIpc) is 2.70. The summed E-state index contributed by atoms with van der Waals surface area (Å²) in [4.78, 5) is 4.88. The van der Waals surface area contributed by atoms with Gasteiger partial charge in [-0.25, -0.2) is 4.39 Å². The van der Waals surface area contributed by atoms with Crippen molar-refractivity contribution < 1.29 is 14.2 Å². The molecular weight excluding hydrogens is 367 g/mol. The summed E-state index contributed by atoms with van der Waals surface area (Å²) < 4.78 is 19.9. The van der Waals surface area contributed by atoms with Gasteiger partial charge in [0.1, 0.15) is 11.9 Å². The number of ether oxygens (including phenoxy) is 1.